The molecule has 0 bridgehead atoms. The quantitative estimate of drug-likeness (QED) is 0.323. The smallest absolute Gasteiger partial charge is 0.315 e. The minimum Gasteiger partial charge on any atom is -0.500 e. The maximum atomic E-state index is 10.8. The fourth-order valence-electron chi connectivity index (χ4n) is 1.35. The molecule has 0 saturated carbocycles. The molecule has 0 aromatic heterocycles. The fourth-order valence-corrected chi connectivity index (χ4v) is 1.55. The normalized spacial score (nSPS) is 10.3. The van der Waals surface area contributed by atoms with Gasteiger partial charge in [-0.3, -0.25) is 15.5 Å². The Morgan fingerprint density at radius 3 is 2.90 bits per heavy atom. The minimum atomic E-state index is -0.702. The Hall–Kier alpha value is -2.42. The van der Waals surface area contributed by atoms with E-state index >= 15 is 0 Å². The summed E-state index contributed by atoms with van der Waals surface area (Å²) in [6, 6.07) is 2.60. The highest BCUT2D eigenvalue weighted by Gasteiger charge is 2.19. The Kier molecular flexibility index (Phi) is 5.66. The molecule has 108 valence electrons. The Balaban J connectivity index is 2.95. The van der Waals surface area contributed by atoms with Crippen LogP contribution in [-0.2, 0) is 0 Å². The number of phenolic OH excluding ortho intramolecular Hbond substituents is 1. The molecule has 0 aliphatic carbocycles. The third-order valence-corrected chi connectivity index (χ3v) is 2.45. The molecule has 8 nitrogen and oxygen atoms in total. The van der Waals surface area contributed by atoms with Gasteiger partial charge in [-0.05, 0) is 25.2 Å². The number of benzene rings is 1. The average Bonchev–Trinajstić information content (AvgIpc) is 2.40. The first kappa shape index (κ1) is 15.6. The molecule has 0 aliphatic rings. The van der Waals surface area contributed by atoms with Gasteiger partial charge in [-0.2, -0.15) is 5.10 Å². The van der Waals surface area contributed by atoms with Crippen molar-refractivity contribution in [3.63, 3.8) is 0 Å². The Morgan fingerprint density at radius 1 is 1.65 bits per heavy atom. The lowest BCUT2D eigenvalue weighted by atomic mass is 10.2. The van der Waals surface area contributed by atoms with Crippen molar-refractivity contribution in [2.24, 2.45) is 5.10 Å². The van der Waals surface area contributed by atoms with Gasteiger partial charge in [0.25, 0.3) is 0 Å². The minimum absolute atomic E-state index is 0.00471. The number of phenols is 1. The summed E-state index contributed by atoms with van der Waals surface area (Å²) in [5, 5.41) is 27.4. The lowest BCUT2D eigenvalue weighted by Gasteiger charge is -2.05. The first-order chi connectivity index (χ1) is 9.49. The highest BCUT2D eigenvalue weighted by Crippen LogP contribution is 2.36. The van der Waals surface area contributed by atoms with E-state index in [1.54, 1.807) is 0 Å². The Morgan fingerprint density at radius 2 is 2.35 bits per heavy atom. The van der Waals surface area contributed by atoms with Crippen molar-refractivity contribution < 1.29 is 14.8 Å². The third kappa shape index (κ3) is 4.05. The average molecular weight is 298 g/mol. The van der Waals surface area contributed by atoms with Gasteiger partial charge in [-0.1, -0.05) is 0 Å². The van der Waals surface area contributed by atoms with E-state index in [4.69, 9.17) is 17.0 Å². The van der Waals surface area contributed by atoms with Crippen molar-refractivity contribution in [1.29, 1.82) is 0 Å². The molecule has 9 heteroatoms. The van der Waals surface area contributed by atoms with Crippen LogP contribution in [0.15, 0.2) is 17.2 Å². The van der Waals surface area contributed by atoms with Gasteiger partial charge in [0, 0.05) is 18.2 Å². The number of nitrogens with zero attached hydrogens (tertiary/aromatic N) is 2. The number of thiocarbonyl (C=S) groups is 1. The largest absolute Gasteiger partial charge is 0.500 e. The van der Waals surface area contributed by atoms with Gasteiger partial charge in [0.05, 0.1) is 18.2 Å². The maximum Gasteiger partial charge on any atom is 0.315 e. The van der Waals surface area contributed by atoms with E-state index in [1.165, 1.54) is 25.5 Å². The molecule has 1 rings (SSSR count). The summed E-state index contributed by atoms with van der Waals surface area (Å²) in [5.41, 5.74) is 2.48. The van der Waals surface area contributed by atoms with E-state index in [2.05, 4.69) is 15.8 Å². The van der Waals surface area contributed by atoms with Crippen molar-refractivity contribution in [1.82, 2.24) is 10.7 Å². The zero-order valence-corrected chi connectivity index (χ0v) is 11.7. The number of nitro groups is 1. The zero-order chi connectivity index (χ0) is 15.1. The van der Waals surface area contributed by atoms with Crippen LogP contribution in [0.2, 0.25) is 0 Å². The van der Waals surface area contributed by atoms with Crippen LogP contribution in [0.3, 0.4) is 0 Å². The van der Waals surface area contributed by atoms with Crippen LogP contribution in [0, 0.1) is 10.1 Å². The predicted octanol–water partition coefficient (Wildman–Crippen LogP) is 1.13. The first-order valence-corrected chi connectivity index (χ1v) is 6.02. The monoisotopic (exact) mass is 298 g/mol. The van der Waals surface area contributed by atoms with Crippen molar-refractivity contribution in [3.05, 3.63) is 27.8 Å². The lowest BCUT2D eigenvalue weighted by molar-refractivity contribution is -0.386. The number of methoxy groups -OCH3 is 1. The summed E-state index contributed by atoms with van der Waals surface area (Å²) in [7, 11) is 1.30. The standard InChI is InChI=1S/C11H14N4O4S/c1-3-12-11(20)14-13-6-7-4-8(15(17)18)10(16)9(5-7)19-2/h4-6,16H,3H2,1-2H3,(H2,12,14,20)/b13-6-. The number of rotatable bonds is 5. The van der Waals surface area contributed by atoms with Gasteiger partial charge in [-0.25, -0.2) is 0 Å². The highest BCUT2D eigenvalue weighted by atomic mass is 32.1. The SMILES string of the molecule is CCNC(=S)N/N=C\c1cc(OC)c(O)c([N+](=O)[O-])c1. The molecule has 0 saturated heterocycles. The van der Waals surface area contributed by atoms with E-state index < -0.39 is 16.4 Å². The summed E-state index contributed by atoms with van der Waals surface area (Å²) >= 11 is 4.90. The van der Waals surface area contributed by atoms with E-state index in [-0.39, 0.29) is 5.75 Å². The topological polar surface area (TPSA) is 109 Å². The molecular weight excluding hydrogens is 284 g/mol. The number of aromatic hydroxyl groups is 1. The highest BCUT2D eigenvalue weighted by molar-refractivity contribution is 7.80. The molecule has 0 spiro atoms. The number of hydrogen-bond donors (Lipinski definition) is 3. The van der Waals surface area contributed by atoms with Crippen LogP contribution >= 0.6 is 12.2 Å². The first-order valence-electron chi connectivity index (χ1n) is 5.61. The van der Waals surface area contributed by atoms with E-state index in [9.17, 15) is 15.2 Å². The molecule has 0 unspecified atom stereocenters. The van der Waals surface area contributed by atoms with Crippen LogP contribution < -0.4 is 15.5 Å². The lowest BCUT2D eigenvalue weighted by Crippen LogP contribution is -2.31. The van der Waals surface area contributed by atoms with Crippen LogP contribution in [0.25, 0.3) is 0 Å². The number of hydrazone groups is 1. The summed E-state index contributed by atoms with van der Waals surface area (Å²) in [6.45, 7) is 2.53. The molecule has 20 heavy (non-hydrogen) atoms. The van der Waals surface area contributed by atoms with Gasteiger partial charge < -0.3 is 15.2 Å². The summed E-state index contributed by atoms with van der Waals surface area (Å²) < 4.78 is 4.87. The molecule has 0 amide bonds. The molecule has 0 atom stereocenters. The molecule has 3 N–H and O–H groups in total. The van der Waals surface area contributed by atoms with Gasteiger partial charge in [-0.15, -0.1) is 0 Å². The van der Waals surface area contributed by atoms with E-state index in [0.29, 0.717) is 17.2 Å². The summed E-state index contributed by atoms with van der Waals surface area (Å²) in [6.07, 6.45) is 1.33. The Bertz CT molecular complexity index is 547. The number of nitrogens with one attached hydrogen (secondary N) is 2. The van der Waals surface area contributed by atoms with Crippen LogP contribution in [0.4, 0.5) is 5.69 Å². The van der Waals surface area contributed by atoms with Crippen molar-refractivity contribution in [2.45, 2.75) is 6.92 Å². The second-order valence-corrected chi connectivity index (χ2v) is 3.99. The second-order valence-electron chi connectivity index (χ2n) is 3.58. The number of ether oxygens (including phenoxy) is 1. The summed E-state index contributed by atoms with van der Waals surface area (Å²) in [4.78, 5) is 10.1. The fraction of sp³-hybridized carbons (Fsp3) is 0.273. The van der Waals surface area contributed by atoms with Crippen LogP contribution in [0.1, 0.15) is 12.5 Å². The van der Waals surface area contributed by atoms with Gasteiger partial charge >= 0.3 is 5.69 Å². The van der Waals surface area contributed by atoms with Crippen molar-refractivity contribution in [2.75, 3.05) is 13.7 Å². The van der Waals surface area contributed by atoms with Crippen LogP contribution in [-0.4, -0.2) is 35.0 Å². The van der Waals surface area contributed by atoms with Gasteiger partial charge in [0.1, 0.15) is 0 Å². The second kappa shape index (κ2) is 7.24. The molecule has 0 aliphatic heterocycles. The molecule has 1 aromatic rings. The van der Waals surface area contributed by atoms with E-state index in [1.807, 2.05) is 6.92 Å². The molecule has 0 heterocycles. The summed E-state index contributed by atoms with van der Waals surface area (Å²) in [5.74, 6) is -0.527. The third-order valence-electron chi connectivity index (χ3n) is 2.21. The number of hydrogen-bond acceptors (Lipinski definition) is 6. The van der Waals surface area contributed by atoms with Crippen LogP contribution in [0.5, 0.6) is 11.5 Å². The molecular formula is C11H14N4O4S. The van der Waals surface area contributed by atoms with Crippen molar-refractivity contribution in [3.8, 4) is 11.5 Å². The maximum absolute atomic E-state index is 10.8. The van der Waals surface area contributed by atoms with Gasteiger partial charge in [0.2, 0.25) is 5.75 Å². The zero-order valence-electron chi connectivity index (χ0n) is 10.9. The van der Waals surface area contributed by atoms with E-state index in [0.717, 1.165) is 0 Å². The van der Waals surface area contributed by atoms with Gasteiger partial charge in [0.15, 0.2) is 10.9 Å². The molecule has 0 fully saturated rings. The predicted molar refractivity (Wildman–Crippen MR) is 78.3 cm³/mol. The van der Waals surface area contributed by atoms with Crippen molar-refractivity contribution >= 4 is 29.2 Å². The number of nitro benzene ring substituents is 1. The molecule has 0 radical (unpaired) electrons. The Labute approximate surface area is 120 Å². The molecule has 1 aromatic carbocycles.